The van der Waals surface area contributed by atoms with Gasteiger partial charge in [-0.25, -0.2) is 8.42 Å². The maximum atomic E-state index is 11.4. The van der Waals surface area contributed by atoms with E-state index in [1.807, 2.05) is 0 Å². The highest BCUT2D eigenvalue weighted by molar-refractivity contribution is 8.93. The number of primary amides is 1. The minimum absolute atomic E-state index is 0. The zero-order valence-corrected chi connectivity index (χ0v) is 13.7. The number of aromatic nitrogens is 2. The molecule has 7 nitrogen and oxygen atoms in total. The summed E-state index contributed by atoms with van der Waals surface area (Å²) in [5, 5.41) is 6.96. The molecule has 9 heteroatoms. The number of nitrogens with one attached hydrogen (secondary N) is 1. The molecule has 0 spiro atoms. The molecular formula is C11H19BrN4O3S. The molecule has 0 bridgehead atoms. The van der Waals surface area contributed by atoms with Crippen LogP contribution in [0.25, 0.3) is 0 Å². The maximum absolute atomic E-state index is 11.4. The summed E-state index contributed by atoms with van der Waals surface area (Å²) in [6, 6.07) is 1.74. The third-order valence-electron chi connectivity index (χ3n) is 3.38. The second kappa shape index (κ2) is 6.68. The van der Waals surface area contributed by atoms with Crippen LogP contribution < -0.4 is 11.1 Å². The van der Waals surface area contributed by atoms with Crippen LogP contribution in [0.1, 0.15) is 23.3 Å². The fourth-order valence-corrected chi connectivity index (χ4v) is 3.19. The van der Waals surface area contributed by atoms with Gasteiger partial charge in [-0.2, -0.15) is 5.10 Å². The van der Waals surface area contributed by atoms with Crippen molar-refractivity contribution in [2.75, 3.05) is 12.8 Å². The SMILES string of the molecule is Br.CS(=O)(=O)[C@@H]1CC[C@@H](Cn2ccc(C(N)=O)n2)NC1. The van der Waals surface area contributed by atoms with Gasteiger partial charge in [0.1, 0.15) is 5.69 Å². The smallest absolute Gasteiger partial charge is 0.269 e. The second-order valence-electron chi connectivity index (χ2n) is 4.92. The lowest BCUT2D eigenvalue weighted by Crippen LogP contribution is -2.46. The molecular weight excluding hydrogens is 348 g/mol. The first-order valence-corrected chi connectivity index (χ1v) is 8.07. The number of carbonyl (C=O) groups excluding carboxylic acids is 1. The molecule has 2 heterocycles. The largest absolute Gasteiger partial charge is 0.364 e. The van der Waals surface area contributed by atoms with Crippen molar-refractivity contribution < 1.29 is 13.2 Å². The molecule has 20 heavy (non-hydrogen) atoms. The van der Waals surface area contributed by atoms with Gasteiger partial charge in [0, 0.05) is 25.0 Å². The Labute approximate surface area is 128 Å². The molecule has 1 amide bonds. The number of piperidine rings is 1. The zero-order valence-electron chi connectivity index (χ0n) is 11.2. The predicted octanol–water partition coefficient (Wildman–Crippen LogP) is -0.275. The van der Waals surface area contributed by atoms with Crippen molar-refractivity contribution in [2.45, 2.75) is 30.7 Å². The summed E-state index contributed by atoms with van der Waals surface area (Å²) >= 11 is 0. The number of hydrogen-bond donors (Lipinski definition) is 2. The zero-order chi connectivity index (χ0) is 14.0. The van der Waals surface area contributed by atoms with Crippen molar-refractivity contribution in [2.24, 2.45) is 5.73 Å². The van der Waals surface area contributed by atoms with Crippen LogP contribution in [0.5, 0.6) is 0 Å². The fraction of sp³-hybridized carbons (Fsp3) is 0.636. The fourth-order valence-electron chi connectivity index (χ4n) is 2.23. The molecule has 1 fully saturated rings. The van der Waals surface area contributed by atoms with Gasteiger partial charge in [0.15, 0.2) is 9.84 Å². The molecule has 0 unspecified atom stereocenters. The topological polar surface area (TPSA) is 107 Å². The molecule has 1 aliphatic rings. The van der Waals surface area contributed by atoms with Gasteiger partial charge in [0.05, 0.1) is 11.8 Å². The van der Waals surface area contributed by atoms with E-state index in [1.165, 1.54) is 6.26 Å². The highest BCUT2D eigenvalue weighted by atomic mass is 79.9. The van der Waals surface area contributed by atoms with Crippen LogP contribution in [-0.4, -0.2) is 48.2 Å². The van der Waals surface area contributed by atoms with Crippen LogP contribution in [-0.2, 0) is 16.4 Å². The minimum atomic E-state index is -2.98. The molecule has 1 saturated heterocycles. The van der Waals surface area contributed by atoms with E-state index in [0.29, 0.717) is 19.5 Å². The van der Waals surface area contributed by atoms with E-state index in [1.54, 1.807) is 16.9 Å². The van der Waals surface area contributed by atoms with Crippen LogP contribution in [0.3, 0.4) is 0 Å². The van der Waals surface area contributed by atoms with Crippen molar-refractivity contribution in [3.63, 3.8) is 0 Å². The number of sulfone groups is 1. The lowest BCUT2D eigenvalue weighted by Gasteiger charge is -2.28. The van der Waals surface area contributed by atoms with Gasteiger partial charge in [-0.3, -0.25) is 9.48 Å². The lowest BCUT2D eigenvalue weighted by atomic mass is 10.0. The summed E-state index contributed by atoms with van der Waals surface area (Å²) in [5.41, 5.74) is 5.37. The summed E-state index contributed by atoms with van der Waals surface area (Å²) in [7, 11) is -2.98. The Morgan fingerprint density at radius 1 is 1.55 bits per heavy atom. The first-order valence-electron chi connectivity index (χ1n) is 6.12. The number of halogens is 1. The molecule has 1 aliphatic heterocycles. The van der Waals surface area contributed by atoms with Gasteiger partial charge in [0.25, 0.3) is 5.91 Å². The lowest BCUT2D eigenvalue weighted by molar-refractivity contribution is 0.0994. The van der Waals surface area contributed by atoms with E-state index in [0.717, 1.165) is 6.42 Å². The van der Waals surface area contributed by atoms with E-state index in [9.17, 15) is 13.2 Å². The van der Waals surface area contributed by atoms with Crippen molar-refractivity contribution in [1.82, 2.24) is 15.1 Å². The second-order valence-corrected chi connectivity index (χ2v) is 7.25. The number of rotatable bonds is 4. The van der Waals surface area contributed by atoms with Crippen LogP contribution in [0, 0.1) is 0 Å². The van der Waals surface area contributed by atoms with Gasteiger partial charge in [-0.05, 0) is 18.9 Å². The predicted molar refractivity (Wildman–Crippen MR) is 80.7 cm³/mol. The molecule has 0 aliphatic carbocycles. The standard InChI is InChI=1S/C11H18N4O3S.BrH/c1-19(17,18)9-3-2-8(13-6-9)7-15-5-4-10(14-15)11(12)16;/h4-5,8-9,13H,2-3,6-7H2,1H3,(H2,12,16);1H/t8-,9+;/m0./s1. The molecule has 0 radical (unpaired) electrons. The Morgan fingerprint density at radius 2 is 2.25 bits per heavy atom. The number of amides is 1. The molecule has 0 aromatic carbocycles. The Kier molecular flexibility index (Phi) is 5.72. The van der Waals surface area contributed by atoms with E-state index in [4.69, 9.17) is 5.73 Å². The van der Waals surface area contributed by atoms with E-state index >= 15 is 0 Å². The third kappa shape index (κ3) is 4.29. The minimum Gasteiger partial charge on any atom is -0.364 e. The van der Waals surface area contributed by atoms with Crippen molar-refractivity contribution in [3.8, 4) is 0 Å². The van der Waals surface area contributed by atoms with Crippen molar-refractivity contribution >= 4 is 32.7 Å². The number of nitrogens with zero attached hydrogens (tertiary/aromatic N) is 2. The molecule has 1 aromatic rings. The summed E-state index contributed by atoms with van der Waals surface area (Å²) < 4.78 is 24.5. The van der Waals surface area contributed by atoms with Crippen LogP contribution >= 0.6 is 17.0 Å². The summed E-state index contributed by atoms with van der Waals surface area (Å²) in [4.78, 5) is 10.9. The summed E-state index contributed by atoms with van der Waals surface area (Å²) in [6.07, 6.45) is 4.39. The molecule has 1 aromatic heterocycles. The average molecular weight is 367 g/mol. The van der Waals surface area contributed by atoms with Crippen molar-refractivity contribution in [1.29, 1.82) is 0 Å². The van der Waals surface area contributed by atoms with Gasteiger partial charge in [-0.1, -0.05) is 0 Å². The molecule has 114 valence electrons. The van der Waals surface area contributed by atoms with E-state index < -0.39 is 15.7 Å². The highest BCUT2D eigenvalue weighted by Crippen LogP contribution is 2.15. The number of nitrogens with two attached hydrogens (primary N) is 1. The van der Waals surface area contributed by atoms with Crippen molar-refractivity contribution in [3.05, 3.63) is 18.0 Å². The van der Waals surface area contributed by atoms with Crippen LogP contribution in [0.4, 0.5) is 0 Å². The third-order valence-corrected chi connectivity index (χ3v) is 4.99. The van der Waals surface area contributed by atoms with Gasteiger partial charge in [0.2, 0.25) is 0 Å². The van der Waals surface area contributed by atoms with Crippen LogP contribution in [0.2, 0.25) is 0 Å². The average Bonchev–Trinajstić information content (AvgIpc) is 2.77. The maximum Gasteiger partial charge on any atom is 0.269 e. The van der Waals surface area contributed by atoms with E-state index in [-0.39, 0.29) is 34.0 Å². The number of carbonyl (C=O) groups is 1. The monoisotopic (exact) mass is 366 g/mol. The van der Waals surface area contributed by atoms with Gasteiger partial charge >= 0.3 is 0 Å². The summed E-state index contributed by atoms with van der Waals surface area (Å²) in [6.45, 7) is 1.07. The Hall–Kier alpha value is -0.930. The number of hydrogen-bond acceptors (Lipinski definition) is 5. The van der Waals surface area contributed by atoms with E-state index in [2.05, 4.69) is 10.4 Å². The van der Waals surface area contributed by atoms with Gasteiger partial charge < -0.3 is 11.1 Å². The Bertz CT molecular complexity index is 564. The normalized spacial score (nSPS) is 23.1. The quantitative estimate of drug-likeness (QED) is 0.762. The molecule has 3 N–H and O–H groups in total. The van der Waals surface area contributed by atoms with Gasteiger partial charge in [-0.15, -0.1) is 17.0 Å². The highest BCUT2D eigenvalue weighted by Gasteiger charge is 2.27. The molecule has 0 saturated carbocycles. The Morgan fingerprint density at radius 3 is 2.70 bits per heavy atom. The Balaban J connectivity index is 0.00000200. The molecule has 2 atom stereocenters. The molecule has 2 rings (SSSR count). The van der Waals surface area contributed by atoms with Crippen LogP contribution in [0.15, 0.2) is 12.3 Å². The first kappa shape index (κ1) is 17.1. The first-order chi connectivity index (χ1) is 8.86. The summed E-state index contributed by atoms with van der Waals surface area (Å²) in [5.74, 6) is -0.549.